The number of thiazole rings is 1. The van der Waals surface area contributed by atoms with Gasteiger partial charge < -0.3 is 4.74 Å². The molecule has 22 heavy (non-hydrogen) atoms. The van der Waals surface area contributed by atoms with Crippen LogP contribution in [0.25, 0.3) is 10.8 Å². The molecule has 2 aromatic rings. The fourth-order valence-electron chi connectivity index (χ4n) is 2.57. The molecule has 3 rings (SSSR count). The minimum Gasteiger partial charge on any atom is -0.457 e. The smallest absolute Gasteiger partial charge is 0.350 e. The summed E-state index contributed by atoms with van der Waals surface area (Å²) in [6.45, 7) is 1.76. The highest BCUT2D eigenvalue weighted by molar-refractivity contribution is 7.16. The van der Waals surface area contributed by atoms with Gasteiger partial charge in [-0.05, 0) is 26.2 Å². The molecule has 7 nitrogen and oxygen atoms in total. The van der Waals surface area contributed by atoms with E-state index < -0.39 is 5.97 Å². The van der Waals surface area contributed by atoms with E-state index in [9.17, 15) is 4.79 Å². The van der Waals surface area contributed by atoms with Gasteiger partial charge in [0.1, 0.15) is 17.3 Å². The second kappa shape index (κ2) is 6.23. The zero-order chi connectivity index (χ0) is 15.5. The molecule has 2 heterocycles. The molecule has 0 amide bonds. The number of ether oxygens (including phenoxy) is 1. The number of aromatic amines is 1. The topological polar surface area (TPSA) is 105 Å². The predicted molar refractivity (Wildman–Crippen MR) is 79.0 cm³/mol. The number of rotatable bonds is 3. The Morgan fingerprint density at radius 3 is 3.05 bits per heavy atom. The Bertz CT molecular complexity index is 703. The summed E-state index contributed by atoms with van der Waals surface area (Å²) in [5, 5.41) is 16.3. The van der Waals surface area contributed by atoms with Crippen LogP contribution in [0.4, 0.5) is 0 Å². The van der Waals surface area contributed by atoms with Crippen LogP contribution in [0.3, 0.4) is 0 Å². The molecule has 0 saturated heterocycles. The van der Waals surface area contributed by atoms with Crippen LogP contribution in [0.5, 0.6) is 0 Å². The predicted octanol–water partition coefficient (Wildman–Crippen LogP) is 2.48. The fraction of sp³-hybridized carbons (Fsp3) is 0.500. The van der Waals surface area contributed by atoms with Crippen molar-refractivity contribution >= 4 is 17.3 Å². The van der Waals surface area contributed by atoms with Gasteiger partial charge in [0.2, 0.25) is 0 Å². The number of aryl methyl sites for hydroxylation is 1. The van der Waals surface area contributed by atoms with Gasteiger partial charge in [-0.25, -0.2) is 14.8 Å². The van der Waals surface area contributed by atoms with Crippen LogP contribution in [-0.2, 0) is 4.74 Å². The molecule has 0 radical (unpaired) electrons. The second-order valence-corrected chi connectivity index (χ2v) is 6.23. The van der Waals surface area contributed by atoms with Gasteiger partial charge in [0.15, 0.2) is 10.8 Å². The number of carbonyl (C=O) groups excluding carboxylic acids is 1. The molecular weight excluding hydrogens is 302 g/mol. The summed E-state index contributed by atoms with van der Waals surface area (Å²) in [4.78, 5) is 21.2. The minimum absolute atomic E-state index is 0.209. The molecule has 1 aliphatic rings. The third-order valence-electron chi connectivity index (χ3n) is 3.73. The normalized spacial score (nSPS) is 21.3. The Morgan fingerprint density at radius 1 is 1.50 bits per heavy atom. The number of hydrogen-bond donors (Lipinski definition) is 1. The third kappa shape index (κ3) is 2.85. The Balaban J connectivity index is 1.76. The van der Waals surface area contributed by atoms with Crippen LogP contribution in [0, 0.1) is 24.2 Å². The van der Waals surface area contributed by atoms with Crippen molar-refractivity contribution in [1.82, 2.24) is 20.2 Å². The highest BCUT2D eigenvalue weighted by Crippen LogP contribution is 2.30. The van der Waals surface area contributed by atoms with E-state index in [0.717, 1.165) is 25.7 Å². The molecule has 1 fully saturated rings. The van der Waals surface area contributed by atoms with Crippen LogP contribution in [0.1, 0.15) is 41.0 Å². The van der Waals surface area contributed by atoms with Gasteiger partial charge >= 0.3 is 5.97 Å². The maximum absolute atomic E-state index is 12.4. The summed E-state index contributed by atoms with van der Waals surface area (Å²) in [7, 11) is 0. The van der Waals surface area contributed by atoms with E-state index in [-0.39, 0.29) is 12.0 Å². The molecular formula is C14H15N5O2S. The van der Waals surface area contributed by atoms with E-state index in [0.29, 0.717) is 21.4 Å². The van der Waals surface area contributed by atoms with Crippen molar-refractivity contribution in [2.45, 2.75) is 38.7 Å². The number of hydrogen-bond acceptors (Lipinski definition) is 7. The standard InChI is InChI=1S/C14H15N5O2S/c1-8-11(22-13(18-8)12-16-7-17-19-12)14(20)21-10-5-3-2-4-9(10)6-15/h7,9-10H,2-5H2,1H3,(H,16,17,19). The van der Waals surface area contributed by atoms with E-state index in [4.69, 9.17) is 10.00 Å². The molecule has 1 saturated carbocycles. The van der Waals surface area contributed by atoms with Crippen molar-refractivity contribution in [2.24, 2.45) is 5.92 Å². The van der Waals surface area contributed by atoms with Crippen LogP contribution in [0.2, 0.25) is 0 Å². The molecule has 114 valence electrons. The minimum atomic E-state index is -0.409. The zero-order valence-corrected chi connectivity index (χ0v) is 12.9. The molecule has 0 aromatic carbocycles. The van der Waals surface area contributed by atoms with Gasteiger partial charge in [-0.3, -0.25) is 5.10 Å². The maximum Gasteiger partial charge on any atom is 0.350 e. The summed E-state index contributed by atoms with van der Waals surface area (Å²) >= 11 is 1.22. The number of aromatic nitrogens is 4. The first-order chi connectivity index (χ1) is 10.7. The molecule has 0 aliphatic heterocycles. The first kappa shape index (κ1) is 14.7. The van der Waals surface area contributed by atoms with E-state index in [1.54, 1.807) is 6.92 Å². The highest BCUT2D eigenvalue weighted by Gasteiger charge is 2.30. The average Bonchev–Trinajstić information content (AvgIpc) is 3.17. The molecule has 0 bridgehead atoms. The van der Waals surface area contributed by atoms with Crippen molar-refractivity contribution in [3.63, 3.8) is 0 Å². The number of nitrogens with zero attached hydrogens (tertiary/aromatic N) is 4. The van der Waals surface area contributed by atoms with Crippen molar-refractivity contribution < 1.29 is 9.53 Å². The van der Waals surface area contributed by atoms with Gasteiger partial charge in [0, 0.05) is 0 Å². The number of carbonyl (C=O) groups is 1. The monoisotopic (exact) mass is 317 g/mol. The summed E-state index contributed by atoms with van der Waals surface area (Å²) in [6.07, 6.45) is 4.61. The summed E-state index contributed by atoms with van der Waals surface area (Å²) < 4.78 is 5.56. The summed E-state index contributed by atoms with van der Waals surface area (Å²) in [5.41, 5.74) is 0.603. The van der Waals surface area contributed by atoms with Crippen molar-refractivity contribution in [3.8, 4) is 16.9 Å². The summed E-state index contributed by atoms with van der Waals surface area (Å²) in [6, 6.07) is 2.24. The first-order valence-electron chi connectivity index (χ1n) is 7.13. The molecule has 1 aliphatic carbocycles. The second-order valence-electron chi connectivity index (χ2n) is 5.23. The summed E-state index contributed by atoms with van der Waals surface area (Å²) in [5.74, 6) is -0.0905. The third-order valence-corrected chi connectivity index (χ3v) is 4.87. The van der Waals surface area contributed by atoms with Crippen LogP contribution < -0.4 is 0 Å². The Kier molecular flexibility index (Phi) is 4.15. The van der Waals surface area contributed by atoms with E-state index in [1.165, 1.54) is 17.7 Å². The van der Waals surface area contributed by atoms with E-state index >= 15 is 0 Å². The van der Waals surface area contributed by atoms with Crippen LogP contribution >= 0.6 is 11.3 Å². The van der Waals surface area contributed by atoms with Gasteiger partial charge in [-0.15, -0.1) is 11.3 Å². The van der Waals surface area contributed by atoms with Crippen molar-refractivity contribution in [3.05, 3.63) is 16.9 Å². The van der Waals surface area contributed by atoms with Gasteiger partial charge in [0.25, 0.3) is 0 Å². The SMILES string of the molecule is Cc1nc(-c2ncn[nH]2)sc1C(=O)OC1CCCCC1C#N. The van der Waals surface area contributed by atoms with E-state index in [2.05, 4.69) is 26.2 Å². The van der Waals surface area contributed by atoms with Gasteiger partial charge in [-0.2, -0.15) is 10.4 Å². The lowest BCUT2D eigenvalue weighted by atomic mass is 9.87. The van der Waals surface area contributed by atoms with Crippen molar-refractivity contribution in [1.29, 1.82) is 5.26 Å². The number of esters is 1. The van der Waals surface area contributed by atoms with E-state index in [1.807, 2.05) is 0 Å². The van der Waals surface area contributed by atoms with Crippen LogP contribution in [-0.4, -0.2) is 32.2 Å². The first-order valence-corrected chi connectivity index (χ1v) is 7.94. The molecule has 2 unspecified atom stereocenters. The number of H-pyrrole nitrogens is 1. The molecule has 2 atom stereocenters. The van der Waals surface area contributed by atoms with Gasteiger partial charge in [0.05, 0.1) is 17.7 Å². The number of nitrogens with one attached hydrogen (secondary N) is 1. The Labute approximate surface area is 131 Å². The Hall–Kier alpha value is -2.27. The van der Waals surface area contributed by atoms with Gasteiger partial charge in [-0.1, -0.05) is 6.42 Å². The fourth-order valence-corrected chi connectivity index (χ4v) is 3.47. The largest absolute Gasteiger partial charge is 0.457 e. The quantitative estimate of drug-likeness (QED) is 0.872. The molecule has 8 heteroatoms. The Morgan fingerprint density at radius 2 is 2.32 bits per heavy atom. The molecule has 2 aromatic heterocycles. The van der Waals surface area contributed by atoms with Crippen LogP contribution in [0.15, 0.2) is 6.33 Å². The lowest BCUT2D eigenvalue weighted by Crippen LogP contribution is -2.29. The zero-order valence-electron chi connectivity index (χ0n) is 12.1. The lowest BCUT2D eigenvalue weighted by molar-refractivity contribution is 0.0112. The van der Waals surface area contributed by atoms with Crippen molar-refractivity contribution in [2.75, 3.05) is 0 Å². The molecule has 1 N–H and O–H groups in total. The average molecular weight is 317 g/mol. The highest BCUT2D eigenvalue weighted by atomic mass is 32.1. The number of nitriles is 1. The molecule has 0 spiro atoms. The lowest BCUT2D eigenvalue weighted by Gasteiger charge is -2.26. The maximum atomic E-state index is 12.4.